The number of hydrogen-bond acceptors (Lipinski definition) is 7. The first-order valence-corrected chi connectivity index (χ1v) is 7.76. The number of nitrogens with one attached hydrogen (secondary N) is 1. The minimum Gasteiger partial charge on any atom is -0.465 e. The third kappa shape index (κ3) is 3.00. The van der Waals surface area contributed by atoms with Crippen molar-refractivity contribution in [1.82, 2.24) is 20.5 Å². The van der Waals surface area contributed by atoms with Crippen LogP contribution in [-0.2, 0) is 9.53 Å². The highest BCUT2D eigenvalue weighted by molar-refractivity contribution is 5.93. The molecule has 3 rings (SSSR count). The number of carbonyl (C=O) groups is 2. The molecule has 1 aliphatic heterocycles. The smallest absolute Gasteiger partial charge is 0.409 e. The van der Waals surface area contributed by atoms with Gasteiger partial charge in [-0.05, 0) is 37.2 Å². The molecule has 132 valence electrons. The number of nitrogens with zero attached hydrogens (tertiary/aromatic N) is 3. The first kappa shape index (κ1) is 16.7. The fourth-order valence-electron chi connectivity index (χ4n) is 2.84. The summed E-state index contributed by atoms with van der Waals surface area (Å²) < 4.78 is 10.1. The summed E-state index contributed by atoms with van der Waals surface area (Å²) >= 11 is 0. The number of rotatable bonds is 3. The van der Waals surface area contributed by atoms with E-state index >= 15 is 0 Å². The summed E-state index contributed by atoms with van der Waals surface area (Å²) in [5.41, 5.74) is 2.18. The molecule has 9 nitrogen and oxygen atoms in total. The lowest BCUT2D eigenvalue weighted by molar-refractivity contribution is -0.143. The van der Waals surface area contributed by atoms with Crippen LogP contribution >= 0.6 is 0 Å². The molecule has 2 N–H and O–H groups in total. The van der Waals surface area contributed by atoms with E-state index in [1.807, 2.05) is 0 Å². The van der Waals surface area contributed by atoms with E-state index in [1.54, 1.807) is 39.0 Å². The van der Waals surface area contributed by atoms with Crippen molar-refractivity contribution in [3.8, 4) is 0 Å². The van der Waals surface area contributed by atoms with Gasteiger partial charge in [-0.25, -0.2) is 14.2 Å². The molecule has 2 aromatic rings. The van der Waals surface area contributed by atoms with Crippen molar-refractivity contribution in [3.05, 3.63) is 35.0 Å². The minimum atomic E-state index is -1.17. The number of hydrogen-bond donors (Lipinski definition) is 2. The Morgan fingerprint density at radius 1 is 1.40 bits per heavy atom. The maximum absolute atomic E-state index is 12.6. The summed E-state index contributed by atoms with van der Waals surface area (Å²) in [5, 5.41) is 20.2. The van der Waals surface area contributed by atoms with E-state index in [4.69, 9.17) is 9.37 Å². The molecule has 1 aliphatic rings. The van der Waals surface area contributed by atoms with Gasteiger partial charge in [0.2, 0.25) is 0 Å². The lowest BCUT2D eigenvalue weighted by Crippen LogP contribution is -2.47. The Kier molecular flexibility index (Phi) is 4.30. The van der Waals surface area contributed by atoms with Crippen LogP contribution in [0.3, 0.4) is 0 Å². The standard InChI is InChI=1S/C16H18N4O5/c1-8(2)24-15(21)12-9(3)17-7-20(16(22)23)14(12)10-5-4-6-11-13(10)19-25-18-11/h4-6,8,14,17H,7H2,1-3H3,(H,22,23). The van der Waals surface area contributed by atoms with E-state index in [0.717, 1.165) is 4.90 Å². The Labute approximate surface area is 143 Å². The molecule has 1 atom stereocenters. The van der Waals surface area contributed by atoms with Gasteiger partial charge >= 0.3 is 12.1 Å². The summed E-state index contributed by atoms with van der Waals surface area (Å²) in [4.78, 5) is 25.5. The van der Waals surface area contributed by atoms with Crippen LogP contribution in [-0.4, -0.2) is 45.2 Å². The Morgan fingerprint density at radius 2 is 2.16 bits per heavy atom. The summed E-state index contributed by atoms with van der Waals surface area (Å²) in [5.74, 6) is -0.579. The van der Waals surface area contributed by atoms with Crippen LogP contribution in [0.4, 0.5) is 4.79 Å². The monoisotopic (exact) mass is 346 g/mol. The van der Waals surface area contributed by atoms with Crippen molar-refractivity contribution in [1.29, 1.82) is 0 Å². The molecule has 0 saturated heterocycles. The molecule has 1 amide bonds. The molecule has 1 aromatic carbocycles. The van der Waals surface area contributed by atoms with Crippen LogP contribution in [0.15, 0.2) is 34.1 Å². The van der Waals surface area contributed by atoms with Crippen molar-refractivity contribution >= 4 is 23.1 Å². The quantitative estimate of drug-likeness (QED) is 0.811. The molecule has 1 aromatic heterocycles. The third-order valence-corrected chi connectivity index (χ3v) is 3.92. The zero-order chi connectivity index (χ0) is 18.1. The van der Waals surface area contributed by atoms with Gasteiger partial charge in [-0.3, -0.25) is 4.90 Å². The van der Waals surface area contributed by atoms with Crippen molar-refractivity contribution in [2.75, 3.05) is 6.67 Å². The van der Waals surface area contributed by atoms with Gasteiger partial charge in [-0.1, -0.05) is 12.1 Å². The fourth-order valence-corrected chi connectivity index (χ4v) is 2.84. The molecule has 0 spiro atoms. The van der Waals surface area contributed by atoms with E-state index in [1.165, 1.54) is 0 Å². The highest BCUT2D eigenvalue weighted by atomic mass is 16.6. The van der Waals surface area contributed by atoms with Crippen LogP contribution < -0.4 is 5.32 Å². The van der Waals surface area contributed by atoms with Gasteiger partial charge in [0.05, 0.1) is 24.4 Å². The Bertz CT molecular complexity index is 857. The topological polar surface area (TPSA) is 118 Å². The van der Waals surface area contributed by atoms with Gasteiger partial charge < -0.3 is 15.2 Å². The highest BCUT2D eigenvalue weighted by Gasteiger charge is 2.39. The lowest BCUT2D eigenvalue weighted by Gasteiger charge is -2.36. The molecule has 0 fully saturated rings. The summed E-state index contributed by atoms with van der Waals surface area (Å²) in [6.45, 7) is 5.21. The first-order chi connectivity index (χ1) is 11.9. The van der Waals surface area contributed by atoms with E-state index in [0.29, 0.717) is 22.3 Å². The normalized spacial score (nSPS) is 17.8. The van der Waals surface area contributed by atoms with E-state index in [2.05, 4.69) is 15.6 Å². The number of esters is 1. The molecule has 25 heavy (non-hydrogen) atoms. The zero-order valence-electron chi connectivity index (χ0n) is 14.0. The van der Waals surface area contributed by atoms with Gasteiger partial charge in [-0.2, -0.15) is 0 Å². The number of allylic oxidation sites excluding steroid dienone is 1. The summed E-state index contributed by atoms with van der Waals surface area (Å²) in [6, 6.07) is 4.24. The lowest BCUT2D eigenvalue weighted by atomic mass is 9.93. The number of fused-ring (bicyclic) bond motifs is 1. The Hall–Kier alpha value is -3.10. The molecule has 0 saturated carbocycles. The van der Waals surface area contributed by atoms with Gasteiger partial charge in [0.25, 0.3) is 0 Å². The van der Waals surface area contributed by atoms with Crippen LogP contribution in [0.25, 0.3) is 11.0 Å². The van der Waals surface area contributed by atoms with Crippen LogP contribution in [0.2, 0.25) is 0 Å². The van der Waals surface area contributed by atoms with E-state index in [9.17, 15) is 14.7 Å². The SMILES string of the molecule is CC1=C(C(=O)OC(C)C)C(c2cccc3nonc23)N(C(=O)O)CN1. The second-order valence-corrected chi connectivity index (χ2v) is 5.96. The number of carboxylic acid groups (broad SMARTS) is 1. The number of amides is 1. The molecule has 0 bridgehead atoms. The zero-order valence-corrected chi connectivity index (χ0v) is 14.0. The number of carbonyl (C=O) groups excluding carboxylic acids is 1. The largest absolute Gasteiger partial charge is 0.465 e. The van der Waals surface area contributed by atoms with Crippen molar-refractivity contribution in [3.63, 3.8) is 0 Å². The second-order valence-electron chi connectivity index (χ2n) is 5.96. The molecular formula is C16H18N4O5. The predicted molar refractivity (Wildman–Crippen MR) is 86.3 cm³/mol. The van der Waals surface area contributed by atoms with Gasteiger partial charge in [-0.15, -0.1) is 0 Å². The molecule has 0 aliphatic carbocycles. The molecule has 0 radical (unpaired) electrons. The van der Waals surface area contributed by atoms with Crippen LogP contribution in [0.1, 0.15) is 32.4 Å². The fraction of sp³-hybridized carbons (Fsp3) is 0.375. The van der Waals surface area contributed by atoms with E-state index < -0.39 is 18.1 Å². The first-order valence-electron chi connectivity index (χ1n) is 7.76. The van der Waals surface area contributed by atoms with Crippen LogP contribution in [0, 0.1) is 0 Å². The summed E-state index contributed by atoms with van der Waals surface area (Å²) in [6.07, 6.45) is -1.51. The van der Waals surface area contributed by atoms with Gasteiger partial charge in [0.15, 0.2) is 0 Å². The van der Waals surface area contributed by atoms with Crippen molar-refractivity contribution in [2.45, 2.75) is 32.9 Å². The van der Waals surface area contributed by atoms with Gasteiger partial charge in [0.1, 0.15) is 11.0 Å². The minimum absolute atomic E-state index is 0.0337. The van der Waals surface area contributed by atoms with Crippen molar-refractivity contribution in [2.24, 2.45) is 0 Å². The number of benzene rings is 1. The molecular weight excluding hydrogens is 328 g/mol. The molecule has 2 heterocycles. The third-order valence-electron chi connectivity index (χ3n) is 3.92. The number of aromatic nitrogens is 2. The Morgan fingerprint density at radius 3 is 2.84 bits per heavy atom. The number of ether oxygens (including phenoxy) is 1. The predicted octanol–water partition coefficient (Wildman–Crippen LogP) is 2.03. The summed E-state index contributed by atoms with van der Waals surface area (Å²) in [7, 11) is 0. The average Bonchev–Trinajstić information content (AvgIpc) is 3.01. The van der Waals surface area contributed by atoms with Crippen molar-refractivity contribution < 1.29 is 24.1 Å². The maximum Gasteiger partial charge on any atom is 0.409 e. The Balaban J connectivity index is 2.18. The molecule has 1 unspecified atom stereocenters. The van der Waals surface area contributed by atoms with Crippen LogP contribution in [0.5, 0.6) is 0 Å². The average molecular weight is 346 g/mol. The highest BCUT2D eigenvalue weighted by Crippen LogP contribution is 2.36. The maximum atomic E-state index is 12.6. The van der Waals surface area contributed by atoms with E-state index in [-0.39, 0.29) is 18.3 Å². The molecule has 9 heteroatoms. The van der Waals surface area contributed by atoms with Gasteiger partial charge in [0, 0.05) is 11.3 Å². The second kappa shape index (κ2) is 6.42.